The lowest BCUT2D eigenvalue weighted by Crippen LogP contribution is -2.49. The van der Waals surface area contributed by atoms with Gasteiger partial charge in [0.2, 0.25) is 0 Å². The van der Waals surface area contributed by atoms with Crippen molar-refractivity contribution in [1.82, 2.24) is 0 Å². The van der Waals surface area contributed by atoms with Gasteiger partial charge in [-0.3, -0.25) is 0 Å². The third kappa shape index (κ3) is 3.45. The Morgan fingerprint density at radius 3 is 1.32 bits per heavy atom. The molecule has 5 saturated carbocycles. The molecule has 0 N–H and O–H groups in total. The van der Waals surface area contributed by atoms with Crippen LogP contribution in [0.5, 0.6) is 0 Å². The van der Waals surface area contributed by atoms with E-state index in [4.69, 9.17) is 0 Å². The zero-order valence-corrected chi connectivity index (χ0v) is 17.3. The molecule has 0 unspecified atom stereocenters. The van der Waals surface area contributed by atoms with Gasteiger partial charge in [0, 0.05) is 0 Å². The highest BCUT2D eigenvalue weighted by molar-refractivity contribution is 5.05. The Kier molecular flexibility index (Phi) is 5.55. The highest BCUT2D eigenvalue weighted by Crippen LogP contribution is 2.66. The van der Waals surface area contributed by atoms with Crippen LogP contribution < -0.4 is 0 Å². The summed E-state index contributed by atoms with van der Waals surface area (Å²) in [5.41, 5.74) is 1.61. The fourth-order valence-electron chi connectivity index (χ4n) is 8.12. The van der Waals surface area contributed by atoms with Crippen molar-refractivity contribution in [2.24, 2.45) is 34.5 Å². The Bertz CT molecular complexity index is 395. The lowest BCUT2D eigenvalue weighted by Gasteiger charge is -2.60. The van der Waals surface area contributed by atoms with Crippen LogP contribution >= 0.6 is 0 Å². The number of hydrogen-bond donors (Lipinski definition) is 0. The predicted molar refractivity (Wildman–Crippen MR) is 109 cm³/mol. The molecule has 0 amide bonds. The van der Waals surface area contributed by atoms with Gasteiger partial charge >= 0.3 is 0 Å². The Morgan fingerprint density at radius 2 is 0.960 bits per heavy atom. The minimum atomic E-state index is 0.805. The molecular formula is C25H44. The van der Waals surface area contributed by atoms with Crippen molar-refractivity contribution in [3.8, 4) is 0 Å². The summed E-state index contributed by atoms with van der Waals surface area (Å²) >= 11 is 0. The van der Waals surface area contributed by atoms with Crippen LogP contribution in [0.4, 0.5) is 0 Å². The lowest BCUT2D eigenvalue weighted by atomic mass is 9.45. The third-order valence-electron chi connectivity index (χ3n) is 10.1. The van der Waals surface area contributed by atoms with Crippen LogP contribution in [0.25, 0.3) is 0 Å². The summed E-state index contributed by atoms with van der Waals surface area (Å²) in [5, 5.41) is 0. The fourth-order valence-corrected chi connectivity index (χ4v) is 8.12. The summed E-state index contributed by atoms with van der Waals surface area (Å²) in [6.45, 7) is 4.79. The van der Waals surface area contributed by atoms with E-state index in [0.29, 0.717) is 0 Å². The highest BCUT2D eigenvalue weighted by Gasteiger charge is 2.54. The summed E-state index contributed by atoms with van der Waals surface area (Å²) < 4.78 is 0. The largest absolute Gasteiger partial charge is 0.0654 e. The summed E-state index contributed by atoms with van der Waals surface area (Å²) in [7, 11) is 0. The maximum atomic E-state index is 2.41. The van der Waals surface area contributed by atoms with Crippen molar-refractivity contribution in [2.75, 3.05) is 0 Å². The molecule has 0 aromatic carbocycles. The quantitative estimate of drug-likeness (QED) is 0.472. The van der Waals surface area contributed by atoms with Crippen molar-refractivity contribution < 1.29 is 0 Å². The van der Waals surface area contributed by atoms with Gasteiger partial charge in [-0.05, 0) is 98.7 Å². The third-order valence-corrected chi connectivity index (χ3v) is 10.1. The Labute approximate surface area is 157 Å². The molecule has 0 spiro atoms. The number of rotatable bonds is 5. The molecule has 5 rings (SSSR count). The Hall–Kier alpha value is 0. The number of fused-ring (bicyclic) bond motifs is 3. The second kappa shape index (κ2) is 7.55. The van der Waals surface area contributed by atoms with Gasteiger partial charge in [-0.1, -0.05) is 58.8 Å². The van der Waals surface area contributed by atoms with E-state index in [1.54, 1.807) is 89.9 Å². The first-order valence-corrected chi connectivity index (χ1v) is 12.2. The predicted octanol–water partition coefficient (Wildman–Crippen LogP) is 8.15. The summed E-state index contributed by atoms with van der Waals surface area (Å²) in [6.07, 6.45) is 26.6. The second-order valence-corrected chi connectivity index (χ2v) is 10.9. The van der Waals surface area contributed by atoms with Crippen LogP contribution in [0.2, 0.25) is 0 Å². The normalized spacial score (nSPS) is 47.8. The molecule has 0 radical (unpaired) electrons. The summed E-state index contributed by atoms with van der Waals surface area (Å²) in [4.78, 5) is 0. The van der Waals surface area contributed by atoms with E-state index in [0.717, 1.165) is 34.5 Å². The van der Waals surface area contributed by atoms with Gasteiger partial charge in [-0.2, -0.15) is 0 Å². The fraction of sp³-hybridized carbons (Fsp3) is 1.00. The van der Waals surface area contributed by atoms with Crippen LogP contribution in [-0.2, 0) is 0 Å². The van der Waals surface area contributed by atoms with Crippen LogP contribution in [0.15, 0.2) is 0 Å². The molecule has 2 bridgehead atoms. The van der Waals surface area contributed by atoms with Crippen molar-refractivity contribution in [2.45, 2.75) is 123 Å². The molecule has 0 saturated heterocycles. The second-order valence-electron chi connectivity index (χ2n) is 10.9. The Balaban J connectivity index is 1.33. The van der Waals surface area contributed by atoms with Gasteiger partial charge in [0.15, 0.2) is 0 Å². The molecule has 0 atom stereocenters. The van der Waals surface area contributed by atoms with Gasteiger partial charge in [0.1, 0.15) is 0 Å². The van der Waals surface area contributed by atoms with Crippen LogP contribution in [0.1, 0.15) is 123 Å². The standard InChI is InChI=1S/C25H44/c1-3-5-21-8-12-23(13-9-21)25-17-14-24(15-18-25,16-19-25)22-10-6-20(4-2)7-11-22/h20-23H,3-19H2,1-2H3. The molecule has 0 nitrogen and oxygen atoms in total. The average molecular weight is 345 g/mol. The summed E-state index contributed by atoms with van der Waals surface area (Å²) in [6, 6.07) is 0. The van der Waals surface area contributed by atoms with E-state index >= 15 is 0 Å². The van der Waals surface area contributed by atoms with E-state index in [-0.39, 0.29) is 0 Å². The van der Waals surface area contributed by atoms with E-state index < -0.39 is 0 Å². The zero-order valence-electron chi connectivity index (χ0n) is 17.3. The molecule has 5 aliphatic rings. The monoisotopic (exact) mass is 344 g/mol. The van der Waals surface area contributed by atoms with E-state index in [2.05, 4.69) is 13.8 Å². The van der Waals surface area contributed by atoms with Gasteiger partial charge in [0.05, 0.1) is 0 Å². The van der Waals surface area contributed by atoms with Gasteiger partial charge in [-0.25, -0.2) is 0 Å². The molecular weight excluding hydrogens is 300 g/mol. The number of hydrogen-bond acceptors (Lipinski definition) is 0. The zero-order chi connectivity index (χ0) is 17.3. The minimum absolute atomic E-state index is 0.805. The van der Waals surface area contributed by atoms with Gasteiger partial charge < -0.3 is 0 Å². The highest BCUT2D eigenvalue weighted by atomic mass is 14.6. The lowest BCUT2D eigenvalue weighted by molar-refractivity contribution is -0.0958. The smallest absolute Gasteiger partial charge is 0.0269 e. The van der Waals surface area contributed by atoms with Crippen LogP contribution in [-0.4, -0.2) is 0 Å². The molecule has 0 heteroatoms. The maximum Gasteiger partial charge on any atom is -0.0269 e. The first-order chi connectivity index (χ1) is 12.2. The van der Waals surface area contributed by atoms with E-state index in [1.165, 1.54) is 19.3 Å². The van der Waals surface area contributed by atoms with Crippen molar-refractivity contribution >= 4 is 0 Å². The molecule has 5 fully saturated rings. The average Bonchev–Trinajstić information content (AvgIpc) is 2.70. The molecule has 0 aromatic heterocycles. The Morgan fingerprint density at radius 1 is 0.560 bits per heavy atom. The van der Waals surface area contributed by atoms with Gasteiger partial charge in [0.25, 0.3) is 0 Å². The van der Waals surface area contributed by atoms with E-state index in [9.17, 15) is 0 Å². The first-order valence-electron chi connectivity index (χ1n) is 12.2. The molecule has 0 heterocycles. The molecule has 0 aliphatic heterocycles. The molecule has 0 aromatic rings. The van der Waals surface area contributed by atoms with Crippen molar-refractivity contribution in [3.63, 3.8) is 0 Å². The summed E-state index contributed by atoms with van der Waals surface area (Å²) in [5.74, 6) is 4.36. The van der Waals surface area contributed by atoms with Crippen molar-refractivity contribution in [1.29, 1.82) is 0 Å². The van der Waals surface area contributed by atoms with Crippen LogP contribution in [0.3, 0.4) is 0 Å². The first kappa shape index (κ1) is 18.4. The van der Waals surface area contributed by atoms with Crippen molar-refractivity contribution in [3.05, 3.63) is 0 Å². The maximum absolute atomic E-state index is 2.41. The van der Waals surface area contributed by atoms with Crippen LogP contribution in [0, 0.1) is 34.5 Å². The molecule has 144 valence electrons. The minimum Gasteiger partial charge on any atom is -0.0654 e. The van der Waals surface area contributed by atoms with E-state index in [1.807, 2.05) is 0 Å². The topological polar surface area (TPSA) is 0 Å². The molecule has 5 aliphatic carbocycles. The SMILES string of the molecule is CCCC1CCC(C23CCC(C4CCC(CC)CC4)(CC2)CC3)CC1. The van der Waals surface area contributed by atoms with Gasteiger partial charge in [-0.15, -0.1) is 0 Å². The molecule has 25 heavy (non-hydrogen) atoms.